The molecule has 0 radical (unpaired) electrons. The van der Waals surface area contributed by atoms with Crippen molar-refractivity contribution in [2.24, 2.45) is 5.73 Å². The van der Waals surface area contributed by atoms with Gasteiger partial charge in [0.1, 0.15) is 5.82 Å². The van der Waals surface area contributed by atoms with Gasteiger partial charge < -0.3 is 15.6 Å². The maximum Gasteiger partial charge on any atom is 0.133 e. The Kier molecular flexibility index (Phi) is 4.00. The molecule has 0 saturated heterocycles. The van der Waals surface area contributed by atoms with Crippen molar-refractivity contribution in [3.8, 4) is 0 Å². The first-order chi connectivity index (χ1) is 6.70. The molecule has 0 fully saturated rings. The molecule has 0 bridgehead atoms. The number of rotatable bonds is 4. The predicted molar refractivity (Wildman–Crippen MR) is 51.1 cm³/mol. The van der Waals surface area contributed by atoms with Crippen LogP contribution in [0, 0.1) is 5.82 Å². The minimum atomic E-state index is -0.674. The van der Waals surface area contributed by atoms with Gasteiger partial charge in [-0.15, -0.1) is 0 Å². The van der Waals surface area contributed by atoms with Crippen LogP contribution in [0.5, 0.6) is 0 Å². The van der Waals surface area contributed by atoms with Crippen molar-refractivity contribution in [2.45, 2.75) is 12.6 Å². The van der Waals surface area contributed by atoms with Crippen LogP contribution < -0.4 is 5.73 Å². The Labute approximate surface area is 82.3 Å². The molecule has 0 amide bonds. The molecule has 1 unspecified atom stereocenters. The van der Waals surface area contributed by atoms with E-state index in [-0.39, 0.29) is 13.2 Å². The standard InChI is InChI=1S/C10H14FNO2/c1-14-6-7-3-2-4-8(10(7)11)9(12)5-13/h2-4,9,13H,5-6,12H2,1H3. The Morgan fingerprint density at radius 3 is 2.86 bits per heavy atom. The summed E-state index contributed by atoms with van der Waals surface area (Å²) in [4.78, 5) is 0. The number of benzene rings is 1. The molecular weight excluding hydrogens is 185 g/mol. The van der Waals surface area contributed by atoms with Gasteiger partial charge in [0.05, 0.1) is 19.3 Å². The summed E-state index contributed by atoms with van der Waals surface area (Å²) in [7, 11) is 1.50. The summed E-state index contributed by atoms with van der Waals surface area (Å²) in [5.74, 6) is -0.393. The van der Waals surface area contributed by atoms with Crippen molar-refractivity contribution in [3.05, 3.63) is 35.1 Å². The topological polar surface area (TPSA) is 55.5 Å². The largest absolute Gasteiger partial charge is 0.394 e. The molecule has 0 aliphatic rings. The molecule has 78 valence electrons. The number of hydrogen-bond donors (Lipinski definition) is 2. The first-order valence-electron chi connectivity index (χ1n) is 4.33. The lowest BCUT2D eigenvalue weighted by Gasteiger charge is -2.12. The first kappa shape index (κ1) is 11.1. The van der Waals surface area contributed by atoms with Crippen molar-refractivity contribution in [3.63, 3.8) is 0 Å². The highest BCUT2D eigenvalue weighted by Crippen LogP contribution is 2.18. The third-order valence-corrected chi connectivity index (χ3v) is 2.00. The summed E-state index contributed by atoms with van der Waals surface area (Å²) in [6.45, 7) is -0.0643. The lowest BCUT2D eigenvalue weighted by atomic mass is 10.0. The molecule has 14 heavy (non-hydrogen) atoms. The summed E-state index contributed by atoms with van der Waals surface area (Å²) in [5, 5.41) is 8.81. The second-order valence-electron chi connectivity index (χ2n) is 3.04. The van der Waals surface area contributed by atoms with E-state index in [0.29, 0.717) is 11.1 Å². The fourth-order valence-electron chi connectivity index (χ4n) is 1.25. The van der Waals surface area contributed by atoms with Crippen LogP contribution in [-0.2, 0) is 11.3 Å². The van der Waals surface area contributed by atoms with Crippen molar-refractivity contribution in [1.29, 1.82) is 0 Å². The lowest BCUT2D eigenvalue weighted by molar-refractivity contribution is 0.181. The van der Waals surface area contributed by atoms with Crippen LogP contribution in [-0.4, -0.2) is 18.8 Å². The molecule has 0 spiro atoms. The van der Waals surface area contributed by atoms with Crippen molar-refractivity contribution >= 4 is 0 Å². The molecule has 1 aromatic rings. The van der Waals surface area contributed by atoms with Crippen LogP contribution >= 0.6 is 0 Å². The Morgan fingerprint density at radius 2 is 2.29 bits per heavy atom. The van der Waals surface area contributed by atoms with Crippen molar-refractivity contribution in [1.82, 2.24) is 0 Å². The smallest absolute Gasteiger partial charge is 0.133 e. The molecule has 0 aromatic heterocycles. The lowest BCUT2D eigenvalue weighted by Crippen LogP contribution is -2.16. The van der Waals surface area contributed by atoms with Crippen LogP contribution in [0.1, 0.15) is 17.2 Å². The van der Waals surface area contributed by atoms with E-state index in [4.69, 9.17) is 15.6 Å². The van der Waals surface area contributed by atoms with Gasteiger partial charge in [-0.25, -0.2) is 4.39 Å². The Hall–Kier alpha value is -0.970. The zero-order valence-electron chi connectivity index (χ0n) is 8.03. The van der Waals surface area contributed by atoms with Gasteiger partial charge in [-0.3, -0.25) is 0 Å². The maximum absolute atomic E-state index is 13.6. The molecular formula is C10H14FNO2. The summed E-state index contributed by atoms with van der Waals surface area (Å²) in [6.07, 6.45) is 0. The number of aliphatic hydroxyl groups is 1. The average molecular weight is 199 g/mol. The van der Waals surface area contributed by atoms with E-state index in [1.807, 2.05) is 0 Å². The third-order valence-electron chi connectivity index (χ3n) is 2.00. The number of aliphatic hydroxyl groups excluding tert-OH is 1. The van der Waals surface area contributed by atoms with Gasteiger partial charge in [0.2, 0.25) is 0 Å². The molecule has 1 aromatic carbocycles. The Bertz CT molecular complexity index is 304. The van der Waals surface area contributed by atoms with Gasteiger partial charge in [0.15, 0.2) is 0 Å². The van der Waals surface area contributed by atoms with E-state index in [9.17, 15) is 4.39 Å². The summed E-state index contributed by atoms with van der Waals surface area (Å²) in [6, 6.07) is 4.22. The zero-order valence-corrected chi connectivity index (χ0v) is 8.03. The van der Waals surface area contributed by atoms with Gasteiger partial charge in [-0.05, 0) is 0 Å². The predicted octanol–water partition coefficient (Wildman–Crippen LogP) is 0.964. The molecule has 4 heteroatoms. The minimum Gasteiger partial charge on any atom is -0.394 e. The van der Waals surface area contributed by atoms with Crippen LogP contribution in [0.15, 0.2) is 18.2 Å². The van der Waals surface area contributed by atoms with Gasteiger partial charge in [-0.1, -0.05) is 18.2 Å². The fraction of sp³-hybridized carbons (Fsp3) is 0.400. The van der Waals surface area contributed by atoms with E-state index < -0.39 is 11.9 Å². The normalized spacial score (nSPS) is 12.9. The summed E-state index contributed by atoms with van der Waals surface area (Å²) in [5.41, 5.74) is 6.30. The van der Waals surface area contributed by atoms with Crippen molar-refractivity contribution in [2.75, 3.05) is 13.7 Å². The quantitative estimate of drug-likeness (QED) is 0.759. The Balaban J connectivity index is 3.00. The van der Waals surface area contributed by atoms with E-state index in [1.54, 1.807) is 18.2 Å². The van der Waals surface area contributed by atoms with Crippen LogP contribution in [0.2, 0.25) is 0 Å². The van der Waals surface area contributed by atoms with E-state index >= 15 is 0 Å². The molecule has 0 heterocycles. The maximum atomic E-state index is 13.6. The van der Waals surface area contributed by atoms with Gasteiger partial charge in [-0.2, -0.15) is 0 Å². The monoisotopic (exact) mass is 199 g/mol. The number of ether oxygens (including phenoxy) is 1. The second kappa shape index (κ2) is 5.05. The molecule has 3 N–H and O–H groups in total. The number of halogens is 1. The molecule has 1 rings (SSSR count). The van der Waals surface area contributed by atoms with E-state index in [2.05, 4.69) is 0 Å². The Morgan fingerprint density at radius 1 is 1.57 bits per heavy atom. The van der Waals surface area contributed by atoms with Crippen molar-refractivity contribution < 1.29 is 14.2 Å². The third kappa shape index (κ3) is 2.29. The summed E-state index contributed by atoms with van der Waals surface area (Å²) < 4.78 is 18.5. The molecule has 3 nitrogen and oxygen atoms in total. The average Bonchev–Trinajstić information content (AvgIpc) is 2.20. The van der Waals surface area contributed by atoms with Crippen LogP contribution in [0.3, 0.4) is 0 Å². The fourth-order valence-corrected chi connectivity index (χ4v) is 1.25. The highest BCUT2D eigenvalue weighted by Gasteiger charge is 2.13. The molecule has 0 saturated carbocycles. The second-order valence-corrected chi connectivity index (χ2v) is 3.04. The number of hydrogen-bond acceptors (Lipinski definition) is 3. The van der Waals surface area contributed by atoms with Crippen LogP contribution in [0.4, 0.5) is 4.39 Å². The zero-order chi connectivity index (χ0) is 10.6. The van der Waals surface area contributed by atoms with Crippen LogP contribution in [0.25, 0.3) is 0 Å². The molecule has 1 atom stereocenters. The van der Waals surface area contributed by atoms with Gasteiger partial charge in [0, 0.05) is 18.2 Å². The van der Waals surface area contributed by atoms with E-state index in [1.165, 1.54) is 7.11 Å². The highest BCUT2D eigenvalue weighted by molar-refractivity contribution is 5.28. The SMILES string of the molecule is COCc1cccc(C(N)CO)c1F. The summed E-state index contributed by atoms with van der Waals surface area (Å²) >= 11 is 0. The molecule has 0 aliphatic carbocycles. The highest BCUT2D eigenvalue weighted by atomic mass is 19.1. The van der Waals surface area contributed by atoms with Gasteiger partial charge >= 0.3 is 0 Å². The molecule has 0 aliphatic heterocycles. The first-order valence-corrected chi connectivity index (χ1v) is 4.33. The van der Waals surface area contributed by atoms with E-state index in [0.717, 1.165) is 0 Å². The number of methoxy groups -OCH3 is 1. The number of nitrogens with two attached hydrogens (primary N) is 1. The minimum absolute atomic E-state index is 0.206. The van der Waals surface area contributed by atoms with Gasteiger partial charge in [0.25, 0.3) is 0 Å².